The minimum Gasteiger partial charge on any atom is -0.469 e. The lowest BCUT2D eigenvalue weighted by Gasteiger charge is -2.20. The Morgan fingerprint density at radius 1 is 1.31 bits per heavy atom. The Bertz CT molecular complexity index is 765. The summed E-state index contributed by atoms with van der Waals surface area (Å²) < 4.78 is 9.81. The Morgan fingerprint density at radius 3 is 2.81 bits per heavy atom. The van der Waals surface area contributed by atoms with Crippen LogP contribution in [0.1, 0.15) is 49.7 Å². The van der Waals surface area contributed by atoms with E-state index in [-0.39, 0.29) is 35.9 Å². The number of esters is 1. The van der Waals surface area contributed by atoms with E-state index in [1.54, 1.807) is 24.9 Å². The van der Waals surface area contributed by atoms with Crippen LogP contribution in [0.25, 0.3) is 0 Å². The van der Waals surface area contributed by atoms with Crippen LogP contribution in [0.15, 0.2) is 36.4 Å². The molecule has 1 saturated carbocycles. The van der Waals surface area contributed by atoms with Crippen LogP contribution in [0.5, 0.6) is 0 Å². The predicted octanol–water partition coefficient (Wildman–Crippen LogP) is 3.50. The van der Waals surface area contributed by atoms with E-state index in [1.165, 1.54) is 7.11 Å². The molecular formula is C25H36O6S. The lowest BCUT2D eigenvalue weighted by molar-refractivity contribution is -0.140. The topological polar surface area (TPSA) is 93.1 Å². The lowest BCUT2D eigenvalue weighted by Crippen LogP contribution is -2.21. The van der Waals surface area contributed by atoms with Crippen molar-refractivity contribution < 1.29 is 29.3 Å². The molecule has 0 aromatic heterocycles. The van der Waals surface area contributed by atoms with Gasteiger partial charge in [0.2, 0.25) is 0 Å². The van der Waals surface area contributed by atoms with Crippen molar-refractivity contribution in [2.75, 3.05) is 25.7 Å². The summed E-state index contributed by atoms with van der Waals surface area (Å²) in [6, 6.07) is 7.95. The number of thioether (sulfide) groups is 1. The van der Waals surface area contributed by atoms with Gasteiger partial charge in [0, 0.05) is 37.7 Å². The van der Waals surface area contributed by atoms with Gasteiger partial charge in [-0.2, -0.15) is 11.8 Å². The number of benzene rings is 1. The van der Waals surface area contributed by atoms with Gasteiger partial charge >= 0.3 is 5.97 Å². The van der Waals surface area contributed by atoms with Crippen molar-refractivity contribution in [1.82, 2.24) is 0 Å². The number of rotatable bonds is 13. The second-order valence-electron chi connectivity index (χ2n) is 8.34. The molecule has 178 valence electrons. The van der Waals surface area contributed by atoms with Crippen molar-refractivity contribution in [3.8, 4) is 0 Å². The zero-order valence-electron chi connectivity index (χ0n) is 19.2. The van der Waals surface area contributed by atoms with Gasteiger partial charge in [-0.3, -0.25) is 9.59 Å². The maximum Gasteiger partial charge on any atom is 0.305 e. The Balaban J connectivity index is 1.89. The number of carbonyl (C=O) groups excluding carboxylic acids is 2. The number of hydrogen-bond donors (Lipinski definition) is 2. The zero-order chi connectivity index (χ0) is 23.5. The molecule has 1 aliphatic rings. The van der Waals surface area contributed by atoms with Gasteiger partial charge in [-0.05, 0) is 35.5 Å². The lowest BCUT2D eigenvalue weighted by atomic mass is 9.89. The summed E-state index contributed by atoms with van der Waals surface area (Å²) >= 11 is 1.70. The van der Waals surface area contributed by atoms with Crippen LogP contribution < -0.4 is 0 Å². The second kappa shape index (κ2) is 13.8. The van der Waals surface area contributed by atoms with E-state index < -0.39 is 12.2 Å². The maximum absolute atomic E-state index is 12.4. The van der Waals surface area contributed by atoms with E-state index in [9.17, 15) is 19.8 Å². The molecule has 1 aromatic rings. The maximum atomic E-state index is 12.4. The molecule has 0 bridgehead atoms. The molecular weight excluding hydrogens is 428 g/mol. The van der Waals surface area contributed by atoms with Crippen molar-refractivity contribution in [2.24, 2.45) is 11.8 Å². The number of ketones is 1. The van der Waals surface area contributed by atoms with Gasteiger partial charge in [-0.25, -0.2) is 0 Å². The van der Waals surface area contributed by atoms with E-state index in [0.717, 1.165) is 29.1 Å². The number of Topliss-reactive ketones (excluding diaryl/α,β-unsaturated/α-hetero) is 1. The van der Waals surface area contributed by atoms with E-state index in [4.69, 9.17) is 4.74 Å². The van der Waals surface area contributed by atoms with Crippen molar-refractivity contribution >= 4 is 23.5 Å². The predicted molar refractivity (Wildman–Crippen MR) is 127 cm³/mol. The van der Waals surface area contributed by atoms with Crippen LogP contribution in [0.4, 0.5) is 0 Å². The first-order chi connectivity index (χ1) is 15.4. The molecule has 0 radical (unpaired) electrons. The number of aliphatic hydroxyl groups excluding tert-OH is 2. The summed E-state index contributed by atoms with van der Waals surface area (Å²) in [4.78, 5) is 23.6. The molecule has 0 amide bonds. The number of ether oxygens (including phenoxy) is 2. The third-order valence-corrected chi connectivity index (χ3v) is 7.14. The molecule has 1 unspecified atom stereocenters. The fourth-order valence-corrected chi connectivity index (χ4v) is 5.04. The van der Waals surface area contributed by atoms with Crippen molar-refractivity contribution in [2.45, 2.75) is 57.3 Å². The molecule has 1 aliphatic carbocycles. The minimum atomic E-state index is -0.718. The third-order valence-electron chi connectivity index (χ3n) is 6.03. The number of carbonyl (C=O) groups is 2. The molecule has 1 fully saturated rings. The summed E-state index contributed by atoms with van der Waals surface area (Å²) in [7, 11) is 3.04. The van der Waals surface area contributed by atoms with E-state index in [1.807, 2.05) is 37.3 Å². The molecule has 32 heavy (non-hydrogen) atoms. The highest BCUT2D eigenvalue weighted by Gasteiger charge is 2.39. The number of hydrogen-bond acceptors (Lipinski definition) is 7. The standard InChI is InChI=1S/C25H36O6S/c1-17(19-7-4-6-18(14-19)16-30-2)22(26)10-9-20-21(24(28)15-23(20)27)11-13-32-12-5-8-25(29)31-3/h4,6-7,9-10,14,17,20-23,26-27H,5,8,11-13,15-16H2,1-3H3/b10-9+/t17?,20-,21-,22-,23-/m1/s1. The largest absolute Gasteiger partial charge is 0.469 e. The van der Waals surface area contributed by atoms with Crippen LogP contribution >= 0.6 is 11.8 Å². The van der Waals surface area contributed by atoms with Crippen molar-refractivity contribution in [3.63, 3.8) is 0 Å². The second-order valence-corrected chi connectivity index (χ2v) is 9.57. The van der Waals surface area contributed by atoms with Crippen LogP contribution in [0.3, 0.4) is 0 Å². The highest BCUT2D eigenvalue weighted by molar-refractivity contribution is 7.99. The first-order valence-corrected chi connectivity index (χ1v) is 12.3. The highest BCUT2D eigenvalue weighted by atomic mass is 32.2. The first-order valence-electron chi connectivity index (χ1n) is 11.2. The van der Waals surface area contributed by atoms with Crippen LogP contribution in [0.2, 0.25) is 0 Å². The average molecular weight is 465 g/mol. The summed E-state index contributed by atoms with van der Waals surface area (Å²) in [6.07, 6.45) is 4.11. The Morgan fingerprint density at radius 2 is 2.09 bits per heavy atom. The quantitative estimate of drug-likeness (QED) is 0.262. The Kier molecular flexibility index (Phi) is 11.4. The monoisotopic (exact) mass is 464 g/mol. The van der Waals surface area contributed by atoms with Crippen LogP contribution in [-0.4, -0.2) is 59.9 Å². The van der Waals surface area contributed by atoms with E-state index in [2.05, 4.69) is 4.74 Å². The van der Waals surface area contributed by atoms with Crippen molar-refractivity contribution in [1.29, 1.82) is 0 Å². The molecule has 2 N–H and O–H groups in total. The summed E-state index contributed by atoms with van der Waals surface area (Å²) in [6.45, 7) is 2.48. The van der Waals surface area contributed by atoms with Crippen molar-refractivity contribution in [3.05, 3.63) is 47.5 Å². The zero-order valence-corrected chi connectivity index (χ0v) is 20.1. The van der Waals surface area contributed by atoms with Crippen LogP contribution in [-0.2, 0) is 25.7 Å². The number of methoxy groups -OCH3 is 2. The summed E-state index contributed by atoms with van der Waals surface area (Å²) in [5.74, 6) is 0.861. The third kappa shape index (κ3) is 8.03. The van der Waals surface area contributed by atoms with Gasteiger partial charge in [0.1, 0.15) is 5.78 Å². The average Bonchev–Trinajstić information content (AvgIpc) is 3.06. The van der Waals surface area contributed by atoms with Crippen LogP contribution in [0, 0.1) is 11.8 Å². The van der Waals surface area contributed by atoms with E-state index >= 15 is 0 Å². The number of aliphatic hydroxyl groups is 2. The molecule has 0 heterocycles. The fraction of sp³-hybridized carbons (Fsp3) is 0.600. The summed E-state index contributed by atoms with van der Waals surface area (Å²) in [5, 5.41) is 21.1. The van der Waals surface area contributed by atoms with Gasteiger partial charge in [0.05, 0.1) is 25.9 Å². The first kappa shape index (κ1) is 26.6. The highest BCUT2D eigenvalue weighted by Crippen LogP contribution is 2.34. The molecule has 0 saturated heterocycles. The smallest absolute Gasteiger partial charge is 0.305 e. The summed E-state index contributed by atoms with van der Waals surface area (Å²) in [5.41, 5.74) is 2.06. The van der Waals surface area contributed by atoms with Gasteiger partial charge < -0.3 is 19.7 Å². The molecule has 6 nitrogen and oxygen atoms in total. The molecule has 0 spiro atoms. The SMILES string of the molecule is COCc1cccc(C(C)[C@H](O)/C=C/[C@H]2[C@H](O)CC(=O)[C@@H]2CCSCCCC(=O)OC)c1. The molecule has 0 aliphatic heterocycles. The Hall–Kier alpha value is -1.67. The van der Waals surface area contributed by atoms with Gasteiger partial charge in [0.15, 0.2) is 0 Å². The van der Waals surface area contributed by atoms with Gasteiger partial charge in [0.25, 0.3) is 0 Å². The molecule has 5 atom stereocenters. The minimum absolute atomic E-state index is 0.0807. The van der Waals surface area contributed by atoms with E-state index in [0.29, 0.717) is 19.4 Å². The Labute approximate surface area is 195 Å². The molecule has 1 aromatic carbocycles. The van der Waals surface area contributed by atoms with Gasteiger partial charge in [-0.1, -0.05) is 43.3 Å². The molecule has 2 rings (SSSR count). The normalized spacial score (nSPS) is 22.9. The fourth-order valence-electron chi connectivity index (χ4n) is 4.06. The van der Waals surface area contributed by atoms with Gasteiger partial charge in [-0.15, -0.1) is 0 Å². The molecule has 7 heteroatoms.